The van der Waals surface area contributed by atoms with E-state index in [1.807, 2.05) is 0 Å². The van der Waals surface area contributed by atoms with Crippen LogP contribution < -0.4 is 0 Å². The van der Waals surface area contributed by atoms with Crippen molar-refractivity contribution in [3.63, 3.8) is 0 Å². The number of nitrogens with zero attached hydrogens (tertiary/aromatic N) is 1. The molecule has 0 saturated carbocycles. The zero-order chi connectivity index (χ0) is 22.0. The second kappa shape index (κ2) is 8.29. The summed E-state index contributed by atoms with van der Waals surface area (Å²) < 4.78 is 108. The van der Waals surface area contributed by atoms with Crippen molar-refractivity contribution in [2.45, 2.75) is 43.4 Å². The van der Waals surface area contributed by atoms with Gasteiger partial charge in [-0.25, -0.2) is 13.2 Å². The van der Waals surface area contributed by atoms with Crippen LogP contribution in [0.15, 0.2) is 12.2 Å². The first-order chi connectivity index (χ1) is 12.6. The van der Waals surface area contributed by atoms with Crippen LogP contribution in [0, 0.1) is 0 Å². The van der Waals surface area contributed by atoms with Crippen molar-refractivity contribution >= 4 is 22.0 Å². The Kier molecular flexibility index (Phi) is 7.17. The van der Waals surface area contributed by atoms with Crippen molar-refractivity contribution in [3.8, 4) is 0 Å². The van der Waals surface area contributed by atoms with Gasteiger partial charge in [0.2, 0.25) is 0 Å². The molecule has 1 heterocycles. The van der Waals surface area contributed by atoms with Gasteiger partial charge in [0.25, 0.3) is 0 Å². The maximum Gasteiger partial charge on any atom is 0.466 e. The molecule has 162 valence electrons. The number of piperidine rings is 1. The standard InChI is InChI=1S/C14H18F5NO7S/c1-9(2)10(21)27-13(14(17,18)19,11(22)20-6-4-3-5-7-20)26-8-12(15,16)28(23,24)25/h1,3-8H2,2H3,(H,23,24,25)/p-1. The number of halogens is 5. The Hall–Kier alpha value is -1.80. The number of carbonyl (C=O) groups is 2. The molecule has 0 N–H and O–H groups in total. The van der Waals surface area contributed by atoms with E-state index in [9.17, 15) is 44.5 Å². The molecule has 0 bridgehead atoms. The summed E-state index contributed by atoms with van der Waals surface area (Å²) in [6.45, 7) is 0.867. The molecule has 0 spiro atoms. The van der Waals surface area contributed by atoms with Gasteiger partial charge in [-0.05, 0) is 26.2 Å². The van der Waals surface area contributed by atoms with Crippen LogP contribution in [0.4, 0.5) is 22.0 Å². The summed E-state index contributed by atoms with van der Waals surface area (Å²) in [5.41, 5.74) is -0.619. The first-order valence-electron chi connectivity index (χ1n) is 7.77. The maximum atomic E-state index is 13.7. The topological polar surface area (TPSA) is 113 Å². The number of ether oxygens (including phenoxy) is 2. The first-order valence-corrected chi connectivity index (χ1v) is 9.18. The Bertz CT molecular complexity index is 731. The maximum absolute atomic E-state index is 13.7. The third-order valence-corrected chi connectivity index (χ3v) is 4.54. The van der Waals surface area contributed by atoms with E-state index in [1.54, 1.807) is 0 Å². The van der Waals surface area contributed by atoms with Gasteiger partial charge in [-0.2, -0.15) is 22.0 Å². The summed E-state index contributed by atoms with van der Waals surface area (Å²) in [7, 11) is -6.42. The Morgan fingerprint density at radius 3 is 2.00 bits per heavy atom. The van der Waals surface area contributed by atoms with E-state index in [-0.39, 0.29) is 13.1 Å². The van der Waals surface area contributed by atoms with Crippen LogP contribution in [0.3, 0.4) is 0 Å². The Labute approximate surface area is 157 Å². The second-order valence-corrected chi connectivity index (χ2v) is 7.52. The third-order valence-electron chi connectivity index (χ3n) is 3.69. The van der Waals surface area contributed by atoms with Crippen LogP contribution in [-0.2, 0) is 29.2 Å². The predicted molar refractivity (Wildman–Crippen MR) is 80.7 cm³/mol. The van der Waals surface area contributed by atoms with Gasteiger partial charge in [-0.1, -0.05) is 6.58 Å². The van der Waals surface area contributed by atoms with Crippen molar-refractivity contribution in [1.29, 1.82) is 0 Å². The molecular formula is C14H17F5NO7S-. The van der Waals surface area contributed by atoms with Crippen LogP contribution in [0.1, 0.15) is 26.2 Å². The quantitative estimate of drug-likeness (QED) is 0.195. The number of alkyl halides is 5. The monoisotopic (exact) mass is 438 g/mol. The van der Waals surface area contributed by atoms with E-state index < -0.39 is 51.4 Å². The van der Waals surface area contributed by atoms with Crippen molar-refractivity contribution in [1.82, 2.24) is 4.90 Å². The Balaban J connectivity index is 3.41. The lowest BCUT2D eigenvalue weighted by molar-refractivity contribution is -0.356. The minimum Gasteiger partial charge on any atom is -0.743 e. The van der Waals surface area contributed by atoms with Crippen molar-refractivity contribution in [2.24, 2.45) is 0 Å². The van der Waals surface area contributed by atoms with E-state index in [0.29, 0.717) is 24.2 Å². The van der Waals surface area contributed by atoms with Crippen molar-refractivity contribution in [2.75, 3.05) is 19.7 Å². The summed E-state index contributed by atoms with van der Waals surface area (Å²) >= 11 is 0. The molecule has 1 atom stereocenters. The van der Waals surface area contributed by atoms with Gasteiger partial charge in [0, 0.05) is 18.7 Å². The molecule has 28 heavy (non-hydrogen) atoms. The summed E-state index contributed by atoms with van der Waals surface area (Å²) in [5.74, 6) is -8.39. The fourth-order valence-electron chi connectivity index (χ4n) is 2.18. The molecule has 0 radical (unpaired) electrons. The number of rotatable bonds is 7. The van der Waals surface area contributed by atoms with E-state index in [2.05, 4.69) is 16.1 Å². The number of carbonyl (C=O) groups excluding carboxylic acids is 2. The van der Waals surface area contributed by atoms with Crippen LogP contribution >= 0.6 is 0 Å². The lowest BCUT2D eigenvalue weighted by Crippen LogP contribution is -2.63. The van der Waals surface area contributed by atoms with Gasteiger partial charge >= 0.3 is 29.1 Å². The smallest absolute Gasteiger partial charge is 0.466 e. The molecule has 0 aromatic heterocycles. The molecule has 1 rings (SSSR count). The number of esters is 1. The molecule has 1 aliphatic rings. The third kappa shape index (κ3) is 5.17. The highest BCUT2D eigenvalue weighted by Crippen LogP contribution is 2.39. The normalized spacial score (nSPS) is 18.3. The van der Waals surface area contributed by atoms with Gasteiger partial charge in [0.05, 0.1) is 0 Å². The van der Waals surface area contributed by atoms with Crippen LogP contribution in [0.25, 0.3) is 0 Å². The summed E-state index contributed by atoms with van der Waals surface area (Å²) in [6, 6.07) is 0. The molecule has 1 fully saturated rings. The van der Waals surface area contributed by atoms with Crippen LogP contribution in [-0.4, -0.2) is 66.7 Å². The highest BCUT2D eigenvalue weighted by Gasteiger charge is 2.68. The van der Waals surface area contributed by atoms with Crippen LogP contribution in [0.2, 0.25) is 0 Å². The molecule has 1 unspecified atom stereocenters. The fraction of sp³-hybridized carbons (Fsp3) is 0.714. The van der Waals surface area contributed by atoms with Gasteiger partial charge in [-0.3, -0.25) is 4.79 Å². The van der Waals surface area contributed by atoms with Crippen LogP contribution in [0.5, 0.6) is 0 Å². The molecule has 1 aliphatic heterocycles. The molecule has 0 aliphatic carbocycles. The Morgan fingerprint density at radius 2 is 1.61 bits per heavy atom. The molecule has 0 aromatic rings. The average molecular weight is 438 g/mol. The first kappa shape index (κ1) is 24.2. The molecule has 8 nitrogen and oxygen atoms in total. The molecule has 1 amide bonds. The number of hydrogen-bond donors (Lipinski definition) is 0. The van der Waals surface area contributed by atoms with Gasteiger partial charge in [-0.15, -0.1) is 0 Å². The van der Waals surface area contributed by atoms with Gasteiger partial charge in [0.1, 0.15) is 6.61 Å². The Morgan fingerprint density at radius 1 is 1.11 bits per heavy atom. The number of amides is 1. The highest BCUT2D eigenvalue weighted by molar-refractivity contribution is 7.86. The summed E-state index contributed by atoms with van der Waals surface area (Å²) in [6.07, 6.45) is -4.71. The molecule has 1 saturated heterocycles. The van der Waals surface area contributed by atoms with Crippen molar-refractivity contribution in [3.05, 3.63) is 12.2 Å². The zero-order valence-electron chi connectivity index (χ0n) is 14.6. The van der Waals surface area contributed by atoms with E-state index in [0.717, 1.165) is 6.92 Å². The fourth-order valence-corrected chi connectivity index (χ4v) is 2.38. The summed E-state index contributed by atoms with van der Waals surface area (Å²) in [5, 5.41) is -5.32. The van der Waals surface area contributed by atoms with Gasteiger partial charge in [0.15, 0.2) is 10.1 Å². The van der Waals surface area contributed by atoms with E-state index >= 15 is 0 Å². The number of hydrogen-bond acceptors (Lipinski definition) is 7. The molecular weight excluding hydrogens is 421 g/mol. The predicted octanol–water partition coefficient (Wildman–Crippen LogP) is 1.53. The molecule has 14 heteroatoms. The largest absolute Gasteiger partial charge is 0.743 e. The lowest BCUT2D eigenvalue weighted by atomic mass is 10.1. The molecule has 0 aromatic carbocycles. The SMILES string of the molecule is C=C(C)C(=O)OC(OCC(F)(F)S(=O)(=O)[O-])(C(=O)N1CCCCC1)C(F)(F)F. The minimum absolute atomic E-state index is 0.207. The van der Waals surface area contributed by atoms with E-state index in [4.69, 9.17) is 0 Å². The average Bonchev–Trinajstić information content (AvgIpc) is 2.56. The van der Waals surface area contributed by atoms with Crippen molar-refractivity contribution < 1.29 is 54.0 Å². The van der Waals surface area contributed by atoms with Gasteiger partial charge < -0.3 is 18.9 Å². The van der Waals surface area contributed by atoms with E-state index in [1.165, 1.54) is 0 Å². The zero-order valence-corrected chi connectivity index (χ0v) is 15.4. The summed E-state index contributed by atoms with van der Waals surface area (Å²) in [4.78, 5) is 24.8. The highest BCUT2D eigenvalue weighted by atomic mass is 32.2. The second-order valence-electron chi connectivity index (χ2n) is 6.02. The lowest BCUT2D eigenvalue weighted by Gasteiger charge is -2.39. The number of likely N-dealkylation sites (tertiary alicyclic amines) is 1. The minimum atomic E-state index is -6.42.